The van der Waals surface area contributed by atoms with Gasteiger partial charge in [0.15, 0.2) is 0 Å². The summed E-state index contributed by atoms with van der Waals surface area (Å²) >= 11 is 0. The second-order valence-corrected chi connectivity index (χ2v) is 7.86. The summed E-state index contributed by atoms with van der Waals surface area (Å²) in [6.45, 7) is 4.47. The molecule has 2 amide bonds. The highest BCUT2D eigenvalue weighted by atomic mass is 16.2. The van der Waals surface area contributed by atoms with Crippen molar-refractivity contribution in [2.75, 3.05) is 17.6 Å². The summed E-state index contributed by atoms with van der Waals surface area (Å²) in [4.78, 5) is 34.7. The Morgan fingerprint density at radius 3 is 2.86 bits per heavy atom. The zero-order valence-corrected chi connectivity index (χ0v) is 16.6. The van der Waals surface area contributed by atoms with E-state index in [1.54, 1.807) is 17.9 Å². The Balaban J connectivity index is 1.57. The van der Waals surface area contributed by atoms with Gasteiger partial charge in [-0.05, 0) is 66.5 Å². The predicted molar refractivity (Wildman–Crippen MR) is 113 cm³/mol. The Labute approximate surface area is 169 Å². The zero-order valence-electron chi connectivity index (χ0n) is 16.6. The van der Waals surface area contributed by atoms with Gasteiger partial charge < -0.3 is 20.9 Å². The highest BCUT2D eigenvalue weighted by Crippen LogP contribution is 2.34. The van der Waals surface area contributed by atoms with Crippen LogP contribution in [0.15, 0.2) is 42.7 Å². The standard InChI is InChI=1S/C22H25N5O2/c1-13-3-6-19(16-4-5-18-15(10-16)7-8-24-18)27(12-13)22(29)21(28)26-17-9-14(2)20(23)25-11-17/h4-5,7-11,13,19,24H,3,6,12H2,1-2H3,(H2,23,25)(H,26,28)/t13-,19+/m1/s1. The van der Waals surface area contributed by atoms with Gasteiger partial charge in [-0.25, -0.2) is 4.98 Å². The average Bonchev–Trinajstić information content (AvgIpc) is 3.18. The van der Waals surface area contributed by atoms with Gasteiger partial charge in [0, 0.05) is 18.3 Å². The summed E-state index contributed by atoms with van der Waals surface area (Å²) in [6, 6.07) is 9.76. The van der Waals surface area contributed by atoms with Gasteiger partial charge in [-0.2, -0.15) is 0 Å². The van der Waals surface area contributed by atoms with Gasteiger partial charge in [0.1, 0.15) is 5.82 Å². The molecule has 2 aromatic heterocycles. The molecule has 0 bridgehead atoms. The van der Waals surface area contributed by atoms with Gasteiger partial charge in [-0.3, -0.25) is 9.59 Å². The summed E-state index contributed by atoms with van der Waals surface area (Å²) < 4.78 is 0. The van der Waals surface area contributed by atoms with Gasteiger partial charge in [0.25, 0.3) is 0 Å². The number of anilines is 2. The van der Waals surface area contributed by atoms with E-state index in [1.165, 1.54) is 6.20 Å². The van der Waals surface area contributed by atoms with Crippen molar-refractivity contribution in [2.45, 2.75) is 32.7 Å². The second-order valence-electron chi connectivity index (χ2n) is 7.86. The number of nitrogens with two attached hydrogens (primary N) is 1. The number of piperidine rings is 1. The summed E-state index contributed by atoms with van der Waals surface area (Å²) in [5, 5.41) is 3.76. The summed E-state index contributed by atoms with van der Waals surface area (Å²) in [5.41, 5.74) is 9.04. The first-order chi connectivity index (χ1) is 13.9. The third-order valence-electron chi connectivity index (χ3n) is 5.61. The molecule has 1 aliphatic rings. The van der Waals surface area contributed by atoms with Crippen molar-refractivity contribution in [1.29, 1.82) is 0 Å². The van der Waals surface area contributed by atoms with Crippen molar-refractivity contribution >= 4 is 34.2 Å². The molecule has 1 aliphatic heterocycles. The molecule has 1 fully saturated rings. The van der Waals surface area contributed by atoms with Crippen molar-refractivity contribution in [1.82, 2.24) is 14.9 Å². The summed E-state index contributed by atoms with van der Waals surface area (Å²) in [7, 11) is 0. The van der Waals surface area contributed by atoms with Gasteiger partial charge in [-0.1, -0.05) is 13.0 Å². The number of H-pyrrole nitrogens is 1. The number of pyridine rings is 1. The first-order valence-corrected chi connectivity index (χ1v) is 9.83. The number of nitrogen functional groups attached to an aromatic ring is 1. The second kappa shape index (κ2) is 7.58. The number of nitrogens with zero attached hydrogens (tertiary/aromatic N) is 2. The van der Waals surface area contributed by atoms with Crippen LogP contribution >= 0.6 is 0 Å². The smallest absolute Gasteiger partial charge is 0.313 e. The molecule has 7 nitrogen and oxygen atoms in total. The molecule has 1 aromatic carbocycles. The van der Waals surface area contributed by atoms with Crippen LogP contribution in [0.2, 0.25) is 0 Å². The fraction of sp³-hybridized carbons (Fsp3) is 0.318. The lowest BCUT2D eigenvalue weighted by molar-refractivity contribution is -0.146. The molecule has 7 heteroatoms. The van der Waals surface area contributed by atoms with Crippen molar-refractivity contribution in [2.24, 2.45) is 5.92 Å². The number of likely N-dealkylation sites (tertiary alicyclic amines) is 1. The molecule has 4 N–H and O–H groups in total. The maximum atomic E-state index is 13.1. The van der Waals surface area contributed by atoms with Gasteiger partial charge in [-0.15, -0.1) is 0 Å². The SMILES string of the molecule is Cc1cc(NC(=O)C(=O)N2C[C@H](C)CC[C@H]2c2ccc3[nH]ccc3c2)cnc1N. The lowest BCUT2D eigenvalue weighted by Gasteiger charge is -2.38. The molecule has 0 saturated carbocycles. The molecular weight excluding hydrogens is 366 g/mol. The van der Waals surface area contributed by atoms with Crippen LogP contribution in [0.5, 0.6) is 0 Å². The van der Waals surface area contributed by atoms with Crippen LogP contribution in [-0.2, 0) is 9.59 Å². The molecule has 1 saturated heterocycles. The number of carbonyl (C=O) groups excluding carboxylic acids is 2. The molecule has 0 unspecified atom stereocenters. The lowest BCUT2D eigenvalue weighted by Crippen LogP contribution is -2.46. The van der Waals surface area contributed by atoms with E-state index in [-0.39, 0.29) is 6.04 Å². The van der Waals surface area contributed by atoms with E-state index in [0.717, 1.165) is 34.9 Å². The van der Waals surface area contributed by atoms with E-state index >= 15 is 0 Å². The molecule has 3 aromatic rings. The number of aryl methyl sites for hydroxylation is 1. The number of aromatic nitrogens is 2. The van der Waals surface area contributed by atoms with E-state index in [9.17, 15) is 9.59 Å². The third-order valence-corrected chi connectivity index (χ3v) is 5.61. The van der Waals surface area contributed by atoms with Crippen molar-refractivity contribution in [3.05, 3.63) is 53.9 Å². The molecule has 29 heavy (non-hydrogen) atoms. The maximum absolute atomic E-state index is 13.1. The fourth-order valence-corrected chi connectivity index (χ4v) is 3.97. The average molecular weight is 391 g/mol. The summed E-state index contributed by atoms with van der Waals surface area (Å²) in [6.07, 6.45) is 5.21. The number of amides is 2. The van der Waals surface area contributed by atoms with E-state index in [4.69, 9.17) is 5.73 Å². The molecule has 4 rings (SSSR count). The Bertz CT molecular complexity index is 1070. The number of rotatable bonds is 2. The Morgan fingerprint density at radius 1 is 1.24 bits per heavy atom. The fourth-order valence-electron chi connectivity index (χ4n) is 3.97. The number of aromatic amines is 1. The Kier molecular flexibility index (Phi) is 4.96. The number of carbonyl (C=O) groups is 2. The van der Waals surface area contributed by atoms with Crippen LogP contribution in [0.1, 0.15) is 36.9 Å². The highest BCUT2D eigenvalue weighted by Gasteiger charge is 2.34. The number of hydrogen-bond acceptors (Lipinski definition) is 4. The molecule has 0 aliphatic carbocycles. The van der Waals surface area contributed by atoms with E-state index in [2.05, 4.69) is 28.3 Å². The van der Waals surface area contributed by atoms with Crippen LogP contribution in [-0.4, -0.2) is 33.2 Å². The van der Waals surface area contributed by atoms with Crippen LogP contribution in [0.3, 0.4) is 0 Å². The van der Waals surface area contributed by atoms with Crippen LogP contribution in [0, 0.1) is 12.8 Å². The topological polar surface area (TPSA) is 104 Å². The van der Waals surface area contributed by atoms with E-state index in [0.29, 0.717) is 24.0 Å². The van der Waals surface area contributed by atoms with Crippen LogP contribution < -0.4 is 11.1 Å². The normalized spacial score (nSPS) is 19.3. The quantitative estimate of drug-likeness (QED) is 0.583. The minimum absolute atomic E-state index is 0.116. The number of hydrogen-bond donors (Lipinski definition) is 3. The monoisotopic (exact) mass is 391 g/mol. The van der Waals surface area contributed by atoms with Crippen molar-refractivity contribution in [3.8, 4) is 0 Å². The molecule has 0 spiro atoms. The highest BCUT2D eigenvalue weighted by molar-refractivity contribution is 6.39. The van der Waals surface area contributed by atoms with Gasteiger partial charge in [0.2, 0.25) is 0 Å². The van der Waals surface area contributed by atoms with Gasteiger partial charge in [0.05, 0.1) is 17.9 Å². The number of benzene rings is 1. The molecule has 0 radical (unpaired) electrons. The zero-order chi connectivity index (χ0) is 20.5. The van der Waals surface area contributed by atoms with E-state index in [1.807, 2.05) is 24.4 Å². The molecule has 2 atom stereocenters. The Morgan fingerprint density at radius 2 is 2.07 bits per heavy atom. The summed E-state index contributed by atoms with van der Waals surface area (Å²) in [5.74, 6) is -0.429. The van der Waals surface area contributed by atoms with Crippen LogP contribution in [0.25, 0.3) is 10.9 Å². The van der Waals surface area contributed by atoms with Gasteiger partial charge >= 0.3 is 11.8 Å². The predicted octanol–water partition coefficient (Wildman–Crippen LogP) is 3.39. The van der Waals surface area contributed by atoms with Crippen molar-refractivity contribution in [3.63, 3.8) is 0 Å². The third kappa shape index (κ3) is 3.81. The minimum atomic E-state index is -0.655. The first kappa shape index (κ1) is 19.0. The lowest BCUT2D eigenvalue weighted by atomic mass is 9.89. The van der Waals surface area contributed by atoms with Crippen LogP contribution in [0.4, 0.5) is 11.5 Å². The number of nitrogens with one attached hydrogen (secondary N) is 2. The minimum Gasteiger partial charge on any atom is -0.383 e. The maximum Gasteiger partial charge on any atom is 0.313 e. The first-order valence-electron chi connectivity index (χ1n) is 9.83. The molecule has 150 valence electrons. The molecule has 3 heterocycles. The largest absolute Gasteiger partial charge is 0.383 e. The Hall–Kier alpha value is -3.35. The number of fused-ring (bicyclic) bond motifs is 1. The van der Waals surface area contributed by atoms with E-state index < -0.39 is 11.8 Å². The van der Waals surface area contributed by atoms with Crippen molar-refractivity contribution < 1.29 is 9.59 Å². The molecular formula is C22H25N5O2.